The summed E-state index contributed by atoms with van der Waals surface area (Å²) in [5.74, 6) is -0.183. The molecular weight excluding hydrogens is 168 g/mol. The zero-order chi connectivity index (χ0) is 9.84. The average Bonchev–Trinajstić information content (AvgIpc) is 2.03. The third kappa shape index (κ3) is 2.43. The molecule has 4 heteroatoms. The van der Waals surface area contributed by atoms with Crippen LogP contribution in [0.1, 0.15) is 6.92 Å². The molecule has 4 nitrogen and oxygen atoms in total. The van der Waals surface area contributed by atoms with E-state index in [1.165, 1.54) is 0 Å². The highest BCUT2D eigenvalue weighted by atomic mass is 16.6. The molecule has 2 unspecified atom stereocenters. The third-order valence-electron chi connectivity index (χ3n) is 1.87. The van der Waals surface area contributed by atoms with Crippen molar-refractivity contribution in [3.8, 4) is 0 Å². The van der Waals surface area contributed by atoms with Crippen molar-refractivity contribution < 1.29 is 9.53 Å². The fourth-order valence-electron chi connectivity index (χ4n) is 1.22. The van der Waals surface area contributed by atoms with E-state index >= 15 is 0 Å². The van der Waals surface area contributed by atoms with Crippen molar-refractivity contribution in [2.75, 3.05) is 0 Å². The van der Waals surface area contributed by atoms with Crippen LogP contribution in [0.15, 0.2) is 24.3 Å². The van der Waals surface area contributed by atoms with Gasteiger partial charge in [-0.15, -0.1) is 0 Å². The molecule has 2 atom stereocenters. The van der Waals surface area contributed by atoms with Crippen LogP contribution >= 0.6 is 0 Å². The normalized spacial score (nSPS) is 22.8. The number of hydrogen-bond acceptors (Lipinski definition) is 3. The summed E-state index contributed by atoms with van der Waals surface area (Å²) in [7, 11) is 0. The van der Waals surface area contributed by atoms with Gasteiger partial charge >= 0.3 is 6.09 Å². The summed E-state index contributed by atoms with van der Waals surface area (Å²) in [5, 5.41) is 7.55. The molecule has 1 aliphatic carbocycles. The number of rotatable bonds is 2. The van der Waals surface area contributed by atoms with Crippen molar-refractivity contribution in [1.82, 2.24) is 0 Å². The number of nitrogens with two attached hydrogens (primary N) is 1. The van der Waals surface area contributed by atoms with Gasteiger partial charge in [-0.05, 0) is 13.0 Å². The van der Waals surface area contributed by atoms with Gasteiger partial charge in [0.2, 0.25) is 0 Å². The molecule has 13 heavy (non-hydrogen) atoms. The van der Waals surface area contributed by atoms with Crippen LogP contribution in [0.2, 0.25) is 0 Å². The quantitative estimate of drug-likeness (QED) is 0.670. The number of amides is 1. The van der Waals surface area contributed by atoms with Gasteiger partial charge in [-0.1, -0.05) is 18.2 Å². The van der Waals surface area contributed by atoms with Crippen LogP contribution in [0, 0.1) is 11.3 Å². The maximum absolute atomic E-state index is 10.4. The minimum absolute atomic E-state index is 0.183. The zero-order valence-electron chi connectivity index (χ0n) is 7.36. The van der Waals surface area contributed by atoms with E-state index < -0.39 is 6.09 Å². The molecule has 0 radical (unpaired) electrons. The Bertz CT molecular complexity index is 281. The van der Waals surface area contributed by atoms with Gasteiger partial charge in [0.1, 0.15) is 6.10 Å². The molecule has 0 aromatic rings. The van der Waals surface area contributed by atoms with Crippen LogP contribution in [0.4, 0.5) is 4.79 Å². The van der Waals surface area contributed by atoms with Gasteiger partial charge in [0.15, 0.2) is 0 Å². The van der Waals surface area contributed by atoms with Gasteiger partial charge in [-0.3, -0.25) is 0 Å². The molecule has 1 aliphatic rings. The van der Waals surface area contributed by atoms with Crippen molar-refractivity contribution in [1.29, 1.82) is 5.41 Å². The lowest BCUT2D eigenvalue weighted by Gasteiger charge is -2.21. The Morgan fingerprint density at radius 1 is 1.69 bits per heavy atom. The molecule has 0 aliphatic heterocycles. The highest BCUT2D eigenvalue weighted by Gasteiger charge is 2.21. The fraction of sp³-hybridized carbons (Fsp3) is 0.333. The summed E-state index contributed by atoms with van der Waals surface area (Å²) < 4.78 is 4.77. The molecule has 0 aromatic carbocycles. The van der Waals surface area contributed by atoms with E-state index in [2.05, 4.69) is 0 Å². The summed E-state index contributed by atoms with van der Waals surface area (Å²) in [5.41, 5.74) is 5.30. The minimum atomic E-state index is -0.803. The van der Waals surface area contributed by atoms with E-state index in [-0.39, 0.29) is 12.0 Å². The third-order valence-corrected chi connectivity index (χ3v) is 1.87. The fourth-order valence-corrected chi connectivity index (χ4v) is 1.22. The SMILES string of the molecule is CC(OC(N)=O)C1C=CC=CC1=N. The van der Waals surface area contributed by atoms with Crippen molar-refractivity contribution in [2.45, 2.75) is 13.0 Å². The molecule has 0 bridgehead atoms. The van der Waals surface area contributed by atoms with E-state index in [0.29, 0.717) is 5.71 Å². The van der Waals surface area contributed by atoms with E-state index in [1.807, 2.05) is 12.2 Å². The van der Waals surface area contributed by atoms with Gasteiger partial charge in [0.05, 0.1) is 5.92 Å². The van der Waals surface area contributed by atoms with Crippen molar-refractivity contribution in [3.63, 3.8) is 0 Å². The van der Waals surface area contributed by atoms with Gasteiger partial charge < -0.3 is 15.9 Å². The molecule has 1 amide bonds. The predicted molar refractivity (Wildman–Crippen MR) is 49.6 cm³/mol. The predicted octanol–water partition coefficient (Wildman–Crippen LogP) is 1.23. The number of carbonyl (C=O) groups is 1. The van der Waals surface area contributed by atoms with E-state index in [0.717, 1.165) is 0 Å². The van der Waals surface area contributed by atoms with Crippen LogP contribution in [-0.2, 0) is 4.74 Å². The highest BCUT2D eigenvalue weighted by molar-refractivity contribution is 5.97. The van der Waals surface area contributed by atoms with Crippen LogP contribution in [0.25, 0.3) is 0 Å². The monoisotopic (exact) mass is 180 g/mol. The number of nitrogens with one attached hydrogen (secondary N) is 1. The van der Waals surface area contributed by atoms with Gasteiger partial charge in [-0.2, -0.15) is 0 Å². The number of hydrogen-bond donors (Lipinski definition) is 2. The Hall–Kier alpha value is -1.58. The molecule has 1 rings (SSSR count). The van der Waals surface area contributed by atoms with Crippen LogP contribution in [0.5, 0.6) is 0 Å². The lowest BCUT2D eigenvalue weighted by atomic mass is 9.94. The molecule has 0 fully saturated rings. The highest BCUT2D eigenvalue weighted by Crippen LogP contribution is 2.15. The first-order chi connectivity index (χ1) is 6.11. The summed E-state index contributed by atoms with van der Waals surface area (Å²) in [6, 6.07) is 0. The van der Waals surface area contributed by atoms with E-state index in [9.17, 15) is 4.79 Å². The molecule has 0 saturated heterocycles. The second kappa shape index (κ2) is 3.89. The molecule has 0 spiro atoms. The number of carbonyl (C=O) groups excluding carboxylic acids is 1. The van der Waals surface area contributed by atoms with Crippen molar-refractivity contribution in [3.05, 3.63) is 24.3 Å². The van der Waals surface area contributed by atoms with Gasteiger partial charge in [0.25, 0.3) is 0 Å². The maximum Gasteiger partial charge on any atom is 0.404 e. The first-order valence-corrected chi connectivity index (χ1v) is 4.00. The Labute approximate surface area is 76.6 Å². The zero-order valence-corrected chi connectivity index (χ0v) is 7.36. The van der Waals surface area contributed by atoms with Gasteiger partial charge in [0, 0.05) is 5.71 Å². The summed E-state index contributed by atoms with van der Waals surface area (Å²) in [6.07, 6.45) is 5.90. The van der Waals surface area contributed by atoms with Crippen molar-refractivity contribution >= 4 is 11.8 Å². The van der Waals surface area contributed by atoms with E-state index in [4.69, 9.17) is 15.9 Å². The molecule has 3 N–H and O–H groups in total. The Morgan fingerprint density at radius 2 is 2.38 bits per heavy atom. The Morgan fingerprint density at radius 3 is 2.92 bits per heavy atom. The van der Waals surface area contributed by atoms with Crippen LogP contribution < -0.4 is 5.73 Å². The second-order valence-corrected chi connectivity index (χ2v) is 2.87. The lowest BCUT2D eigenvalue weighted by Crippen LogP contribution is -2.30. The molecule has 0 aromatic heterocycles. The first kappa shape index (κ1) is 9.51. The smallest absolute Gasteiger partial charge is 0.404 e. The molecular formula is C9H12N2O2. The lowest BCUT2D eigenvalue weighted by molar-refractivity contribution is 0.106. The first-order valence-electron chi connectivity index (χ1n) is 4.00. The van der Waals surface area contributed by atoms with Crippen LogP contribution in [-0.4, -0.2) is 17.9 Å². The summed E-state index contributed by atoms with van der Waals surface area (Å²) >= 11 is 0. The Balaban J connectivity index is 2.61. The van der Waals surface area contributed by atoms with Gasteiger partial charge in [-0.25, -0.2) is 4.79 Å². The summed E-state index contributed by atoms with van der Waals surface area (Å²) in [4.78, 5) is 10.4. The number of primary amides is 1. The largest absolute Gasteiger partial charge is 0.446 e. The Kier molecular flexibility index (Phi) is 2.84. The topological polar surface area (TPSA) is 76.2 Å². The van der Waals surface area contributed by atoms with Crippen LogP contribution in [0.3, 0.4) is 0 Å². The molecule has 70 valence electrons. The minimum Gasteiger partial charge on any atom is -0.446 e. The summed E-state index contributed by atoms with van der Waals surface area (Å²) in [6.45, 7) is 1.72. The molecule has 0 saturated carbocycles. The standard InChI is InChI=1S/C9H12N2O2/c1-6(13-9(11)12)7-4-2-3-5-8(7)10/h2-7,10H,1H3,(H2,11,12). The maximum atomic E-state index is 10.4. The number of allylic oxidation sites excluding steroid dienone is 3. The second-order valence-electron chi connectivity index (χ2n) is 2.87. The van der Waals surface area contributed by atoms with Crippen molar-refractivity contribution in [2.24, 2.45) is 11.7 Å². The van der Waals surface area contributed by atoms with E-state index in [1.54, 1.807) is 19.1 Å². The molecule has 0 heterocycles. The number of ether oxygens (including phenoxy) is 1. The average molecular weight is 180 g/mol.